The van der Waals surface area contributed by atoms with Crippen molar-refractivity contribution in [2.75, 3.05) is 0 Å². The van der Waals surface area contributed by atoms with Gasteiger partial charge in [-0.1, -0.05) is 35.0 Å². The maximum Gasteiger partial charge on any atom is 0.250 e. The fourth-order valence-electron chi connectivity index (χ4n) is 1.55. The molecular formula is C16H22NOPSi. The minimum absolute atomic E-state index is 0.226. The van der Waals surface area contributed by atoms with Crippen LogP contribution in [0.1, 0.15) is 20.8 Å². The molecule has 20 heavy (non-hydrogen) atoms. The van der Waals surface area contributed by atoms with Crippen LogP contribution in [0.2, 0.25) is 18.1 Å². The summed E-state index contributed by atoms with van der Waals surface area (Å²) in [6, 6.07) is 10.2. The Bertz CT molecular complexity index is 561. The van der Waals surface area contributed by atoms with Gasteiger partial charge in [-0.05, 0) is 42.4 Å². The highest BCUT2D eigenvalue weighted by molar-refractivity contribution is 7.33. The topological polar surface area (TPSA) is 22.1 Å². The summed E-state index contributed by atoms with van der Waals surface area (Å²) >= 11 is 0. The molecule has 2 aromatic heterocycles. The van der Waals surface area contributed by atoms with Gasteiger partial charge < -0.3 is 4.43 Å². The highest BCUT2D eigenvalue weighted by Gasteiger charge is 2.38. The molecule has 0 amide bonds. The van der Waals surface area contributed by atoms with E-state index in [1.54, 1.807) is 0 Å². The van der Waals surface area contributed by atoms with Crippen LogP contribution in [0.3, 0.4) is 0 Å². The Morgan fingerprint density at radius 2 is 1.85 bits per heavy atom. The second-order valence-electron chi connectivity index (χ2n) is 6.46. The van der Waals surface area contributed by atoms with Crippen LogP contribution in [0.25, 0.3) is 11.0 Å². The molecule has 0 aliphatic heterocycles. The molecule has 0 aliphatic carbocycles. The van der Waals surface area contributed by atoms with Gasteiger partial charge in [0, 0.05) is 17.3 Å². The molecular weight excluding hydrogens is 281 g/mol. The smallest absolute Gasteiger partial charge is 0.250 e. The van der Waals surface area contributed by atoms with E-state index in [4.69, 9.17) is 4.43 Å². The summed E-state index contributed by atoms with van der Waals surface area (Å²) in [7, 11) is -0.592. The van der Waals surface area contributed by atoms with Crippen LogP contribution >= 0.6 is 8.19 Å². The molecule has 0 aromatic carbocycles. The summed E-state index contributed by atoms with van der Waals surface area (Å²) in [4.78, 5) is 4.38. The third kappa shape index (κ3) is 3.47. The van der Waals surface area contributed by atoms with Gasteiger partial charge in [-0.2, -0.15) is 0 Å². The van der Waals surface area contributed by atoms with Crippen molar-refractivity contribution in [2.24, 2.45) is 0 Å². The molecule has 2 rings (SSSR count). The fourth-order valence-corrected chi connectivity index (χ4v) is 3.51. The monoisotopic (exact) mass is 303 g/mol. The first-order chi connectivity index (χ1) is 9.29. The molecule has 4 heteroatoms. The lowest BCUT2D eigenvalue weighted by molar-refractivity contribution is 0.493. The highest BCUT2D eigenvalue weighted by atomic mass is 31.0. The Morgan fingerprint density at radius 1 is 1.10 bits per heavy atom. The Morgan fingerprint density at radius 3 is 2.35 bits per heavy atom. The van der Waals surface area contributed by atoms with E-state index in [1.165, 1.54) is 5.30 Å². The molecule has 0 radical (unpaired) electrons. The second kappa shape index (κ2) is 5.67. The average molecular weight is 303 g/mol. The maximum atomic E-state index is 6.30. The van der Waals surface area contributed by atoms with E-state index in [9.17, 15) is 0 Å². The van der Waals surface area contributed by atoms with Crippen LogP contribution < -0.4 is 4.43 Å². The van der Waals surface area contributed by atoms with Crippen LogP contribution in [-0.4, -0.2) is 13.3 Å². The highest BCUT2D eigenvalue weighted by Crippen LogP contribution is 2.38. The molecule has 0 spiro atoms. The molecule has 0 saturated heterocycles. The molecule has 2 nitrogen and oxygen atoms in total. The Labute approximate surface area is 124 Å². The predicted octanol–water partition coefficient (Wildman–Crippen LogP) is 5.71. The van der Waals surface area contributed by atoms with E-state index in [1.807, 2.05) is 24.4 Å². The van der Waals surface area contributed by atoms with Gasteiger partial charge in [-0.3, -0.25) is 4.98 Å². The van der Waals surface area contributed by atoms with E-state index in [0.29, 0.717) is 0 Å². The number of pyridine rings is 1. The van der Waals surface area contributed by atoms with Gasteiger partial charge in [0.1, 0.15) is 5.75 Å². The van der Waals surface area contributed by atoms with Crippen LogP contribution in [-0.2, 0) is 0 Å². The van der Waals surface area contributed by atoms with Crippen LogP contribution in [0.4, 0.5) is 0 Å². The predicted molar refractivity (Wildman–Crippen MR) is 90.0 cm³/mol. The lowest BCUT2D eigenvalue weighted by atomic mass is 10.2. The summed E-state index contributed by atoms with van der Waals surface area (Å²) in [6.45, 7) is 11.3. The van der Waals surface area contributed by atoms with Gasteiger partial charge in [0.15, 0.2) is 0 Å². The summed E-state index contributed by atoms with van der Waals surface area (Å²) in [6.07, 6.45) is 1.83. The van der Waals surface area contributed by atoms with Crippen molar-refractivity contribution in [1.29, 1.82) is 0 Å². The van der Waals surface area contributed by atoms with Gasteiger partial charge in [0.05, 0.1) is 5.69 Å². The molecule has 0 atom stereocenters. The van der Waals surface area contributed by atoms with Crippen LogP contribution in [0.15, 0.2) is 42.3 Å². The molecule has 0 fully saturated rings. The molecule has 106 valence electrons. The van der Waals surface area contributed by atoms with E-state index < -0.39 is 8.32 Å². The van der Waals surface area contributed by atoms with Crippen molar-refractivity contribution < 1.29 is 4.43 Å². The van der Waals surface area contributed by atoms with Gasteiger partial charge in [-0.25, -0.2) is 0 Å². The fraction of sp³-hybridized carbons (Fsp3) is 0.375. The number of aromatic nitrogens is 1. The lowest BCUT2D eigenvalue weighted by Crippen LogP contribution is -2.43. The standard InChI is InChI=1S/C16H22NOPSi/c1-16(2,3)20(4,5)18-13-9-10-15(19-12-13)14-8-6-7-11-17-14/h6-12H,1-5H3. The van der Waals surface area contributed by atoms with Crippen molar-refractivity contribution in [3.8, 4) is 16.7 Å². The third-order valence-corrected chi connectivity index (χ3v) is 9.24. The minimum Gasteiger partial charge on any atom is -0.543 e. The van der Waals surface area contributed by atoms with Crippen molar-refractivity contribution in [3.63, 3.8) is 0 Å². The number of hydrogen-bond acceptors (Lipinski definition) is 2. The van der Waals surface area contributed by atoms with Crippen LogP contribution in [0, 0.1) is 0 Å². The van der Waals surface area contributed by atoms with Gasteiger partial charge >= 0.3 is 0 Å². The van der Waals surface area contributed by atoms with E-state index >= 15 is 0 Å². The Hall–Kier alpha value is -1.18. The summed E-state index contributed by atoms with van der Waals surface area (Å²) in [5, 5.41) is 1.44. The maximum absolute atomic E-state index is 6.30. The summed E-state index contributed by atoms with van der Waals surface area (Å²) in [5.41, 5.74) is 1.04. The normalized spacial score (nSPS) is 12.7. The summed E-state index contributed by atoms with van der Waals surface area (Å²) in [5.74, 6) is 3.14. The van der Waals surface area contributed by atoms with Crippen molar-refractivity contribution in [1.82, 2.24) is 4.98 Å². The number of nitrogens with zero attached hydrogens (tertiary/aromatic N) is 1. The zero-order valence-electron chi connectivity index (χ0n) is 12.8. The minimum atomic E-state index is -1.74. The molecule has 0 saturated carbocycles. The Balaban J connectivity index is 2.18. The molecule has 2 aromatic rings. The van der Waals surface area contributed by atoms with E-state index in [-0.39, 0.29) is 5.04 Å². The van der Waals surface area contributed by atoms with E-state index in [0.717, 1.165) is 19.6 Å². The first-order valence-corrected chi connectivity index (χ1v) is 10.7. The third-order valence-electron chi connectivity index (χ3n) is 3.84. The van der Waals surface area contributed by atoms with Gasteiger partial charge in [0.2, 0.25) is 8.32 Å². The first kappa shape index (κ1) is 15.2. The van der Waals surface area contributed by atoms with Gasteiger partial charge in [-0.15, -0.1) is 0 Å². The molecule has 0 unspecified atom stereocenters. The second-order valence-corrected chi connectivity index (χ2v) is 12.2. The van der Waals surface area contributed by atoms with E-state index in [2.05, 4.69) is 56.8 Å². The quantitative estimate of drug-likeness (QED) is 0.677. The van der Waals surface area contributed by atoms with Crippen molar-refractivity contribution >= 4 is 16.5 Å². The Kier molecular flexibility index (Phi) is 4.31. The molecule has 0 N–H and O–H groups in total. The summed E-state index contributed by atoms with van der Waals surface area (Å²) < 4.78 is 6.30. The zero-order valence-corrected chi connectivity index (χ0v) is 14.7. The van der Waals surface area contributed by atoms with Crippen molar-refractivity contribution in [3.05, 3.63) is 42.3 Å². The first-order valence-electron chi connectivity index (χ1n) is 6.86. The number of rotatable bonds is 3. The molecule has 0 bridgehead atoms. The van der Waals surface area contributed by atoms with Crippen molar-refractivity contribution in [2.45, 2.75) is 38.9 Å². The number of hydrogen-bond donors (Lipinski definition) is 0. The largest absolute Gasteiger partial charge is 0.543 e. The SMILES string of the molecule is CC(C)(C)[Si](C)(C)Oc1ccc(-c2ccccn2)pc1. The molecule has 2 heterocycles. The lowest BCUT2D eigenvalue weighted by Gasteiger charge is -2.36. The average Bonchev–Trinajstić information content (AvgIpc) is 2.39. The van der Waals surface area contributed by atoms with Crippen LogP contribution in [0.5, 0.6) is 5.75 Å². The zero-order chi connectivity index (χ0) is 14.8. The molecule has 0 aliphatic rings. The van der Waals surface area contributed by atoms with Gasteiger partial charge in [0.25, 0.3) is 0 Å².